The van der Waals surface area contributed by atoms with Crippen molar-refractivity contribution in [2.75, 3.05) is 7.11 Å². The van der Waals surface area contributed by atoms with Crippen molar-refractivity contribution in [3.63, 3.8) is 0 Å². The first-order valence-electron chi connectivity index (χ1n) is 3.22. The molecule has 0 aliphatic heterocycles. The van der Waals surface area contributed by atoms with Gasteiger partial charge in [0.15, 0.2) is 0 Å². The van der Waals surface area contributed by atoms with E-state index in [1.807, 2.05) is 0 Å². The molecular weight excluding hydrogens is 277 g/mol. The number of hydrogen-bond acceptors (Lipinski definition) is 2. The van der Waals surface area contributed by atoms with Crippen LogP contribution < -0.4 is 0 Å². The van der Waals surface area contributed by atoms with Crippen molar-refractivity contribution in [2.45, 2.75) is 0 Å². The molecule has 0 atom stereocenters. The van der Waals surface area contributed by atoms with Crippen molar-refractivity contribution in [2.24, 2.45) is 0 Å². The molecule has 72 valence electrons. The van der Waals surface area contributed by atoms with E-state index in [1.165, 1.54) is 7.11 Å². The predicted octanol–water partition coefficient (Wildman–Crippen LogP) is 3.50. The van der Waals surface area contributed by atoms with Crippen molar-refractivity contribution in [1.29, 1.82) is 5.41 Å². The Balaban J connectivity index is 0.00000144. The average molecular weight is 285 g/mol. The maximum Gasteiger partial charge on any atom is 0.213 e. The lowest BCUT2D eigenvalue weighted by molar-refractivity contribution is 0.401. The van der Waals surface area contributed by atoms with Crippen LogP contribution in [0.3, 0.4) is 0 Å². The minimum absolute atomic E-state index is 0. The normalized spacial score (nSPS) is 8.85. The molecule has 1 aromatic rings. The van der Waals surface area contributed by atoms with Crippen LogP contribution in [0.25, 0.3) is 0 Å². The van der Waals surface area contributed by atoms with Crippen LogP contribution in [0.2, 0.25) is 5.02 Å². The minimum atomic E-state index is 0. The highest BCUT2D eigenvalue weighted by atomic mass is 79.9. The molecule has 0 radical (unpaired) electrons. The molecule has 0 spiro atoms. The van der Waals surface area contributed by atoms with Crippen molar-refractivity contribution >= 4 is 45.8 Å². The molecule has 13 heavy (non-hydrogen) atoms. The molecule has 0 bridgehead atoms. The van der Waals surface area contributed by atoms with E-state index in [4.69, 9.17) is 21.7 Å². The van der Waals surface area contributed by atoms with Gasteiger partial charge in [-0.2, -0.15) is 0 Å². The Morgan fingerprint density at radius 3 is 2.54 bits per heavy atom. The van der Waals surface area contributed by atoms with Gasteiger partial charge in [-0.05, 0) is 18.2 Å². The highest BCUT2D eigenvalue weighted by Crippen LogP contribution is 2.19. The maximum atomic E-state index is 7.37. The number of halogens is 3. The summed E-state index contributed by atoms with van der Waals surface area (Å²) in [6.07, 6.45) is 0. The van der Waals surface area contributed by atoms with Gasteiger partial charge in [0.1, 0.15) is 0 Å². The number of methoxy groups -OCH3 is 1. The lowest BCUT2D eigenvalue weighted by Crippen LogP contribution is -2.00. The molecular formula is C8H8BrCl2NO. The van der Waals surface area contributed by atoms with Gasteiger partial charge in [-0.1, -0.05) is 27.5 Å². The highest BCUT2D eigenvalue weighted by molar-refractivity contribution is 9.10. The van der Waals surface area contributed by atoms with E-state index in [9.17, 15) is 0 Å². The molecule has 1 rings (SSSR count). The Kier molecular flexibility index (Phi) is 5.37. The topological polar surface area (TPSA) is 33.1 Å². The van der Waals surface area contributed by atoms with Crippen LogP contribution in [-0.2, 0) is 4.74 Å². The second-order valence-electron chi connectivity index (χ2n) is 2.19. The summed E-state index contributed by atoms with van der Waals surface area (Å²) in [5, 5.41) is 7.95. The van der Waals surface area contributed by atoms with E-state index < -0.39 is 0 Å². The Morgan fingerprint density at radius 2 is 2.08 bits per heavy atom. The molecule has 0 saturated heterocycles. The number of rotatable bonds is 1. The number of benzene rings is 1. The smallest absolute Gasteiger partial charge is 0.213 e. The van der Waals surface area contributed by atoms with Gasteiger partial charge in [0.05, 0.1) is 7.11 Å². The molecule has 0 amide bonds. The average Bonchev–Trinajstić information content (AvgIpc) is 2.01. The van der Waals surface area contributed by atoms with E-state index in [0.717, 1.165) is 4.47 Å². The summed E-state index contributed by atoms with van der Waals surface area (Å²) in [4.78, 5) is 0. The third kappa shape index (κ3) is 3.55. The molecule has 1 aromatic carbocycles. The summed E-state index contributed by atoms with van der Waals surface area (Å²) >= 11 is 9.04. The van der Waals surface area contributed by atoms with Gasteiger partial charge in [-0.25, -0.2) is 0 Å². The zero-order valence-electron chi connectivity index (χ0n) is 6.80. The fourth-order valence-electron chi connectivity index (χ4n) is 0.803. The van der Waals surface area contributed by atoms with Crippen LogP contribution in [0.1, 0.15) is 5.56 Å². The van der Waals surface area contributed by atoms with Gasteiger partial charge in [-0.3, -0.25) is 5.41 Å². The van der Waals surface area contributed by atoms with E-state index >= 15 is 0 Å². The van der Waals surface area contributed by atoms with Crippen molar-refractivity contribution in [3.05, 3.63) is 33.3 Å². The highest BCUT2D eigenvalue weighted by Gasteiger charge is 2.02. The summed E-state index contributed by atoms with van der Waals surface area (Å²) in [6.45, 7) is 0. The first-order valence-corrected chi connectivity index (χ1v) is 4.39. The van der Waals surface area contributed by atoms with Crippen LogP contribution >= 0.6 is 39.9 Å². The predicted molar refractivity (Wildman–Crippen MR) is 60.2 cm³/mol. The number of hydrogen-bond donors (Lipinski definition) is 1. The summed E-state index contributed by atoms with van der Waals surface area (Å²) in [6, 6.07) is 5.21. The van der Waals surface area contributed by atoms with Crippen LogP contribution in [0, 0.1) is 5.41 Å². The van der Waals surface area contributed by atoms with Crippen LogP contribution in [0.5, 0.6) is 0 Å². The van der Waals surface area contributed by atoms with Crippen molar-refractivity contribution in [3.8, 4) is 0 Å². The molecule has 0 heterocycles. The molecule has 0 aliphatic rings. The van der Waals surface area contributed by atoms with Gasteiger partial charge in [0, 0.05) is 15.1 Å². The molecule has 2 nitrogen and oxygen atoms in total. The molecule has 0 aliphatic carbocycles. The molecule has 0 saturated carbocycles. The Labute approximate surface area is 96.3 Å². The van der Waals surface area contributed by atoms with Crippen LogP contribution in [-0.4, -0.2) is 13.0 Å². The minimum Gasteiger partial charge on any atom is -0.481 e. The lowest BCUT2D eigenvalue weighted by atomic mass is 10.2. The van der Waals surface area contributed by atoms with Crippen molar-refractivity contribution in [1.82, 2.24) is 0 Å². The Morgan fingerprint density at radius 1 is 1.46 bits per heavy atom. The summed E-state index contributed by atoms with van der Waals surface area (Å²) in [5.74, 6) is 0.109. The van der Waals surface area contributed by atoms with E-state index in [2.05, 4.69) is 15.9 Å². The SMILES string of the molecule is COC(=N)c1cc(Cl)cc(Br)c1.Cl. The third-order valence-electron chi connectivity index (χ3n) is 1.33. The maximum absolute atomic E-state index is 7.37. The standard InChI is InChI=1S/C8H7BrClNO.ClH/c1-12-8(11)5-2-6(9)4-7(10)3-5;/h2-4,11H,1H3;1H. The largest absolute Gasteiger partial charge is 0.481 e. The van der Waals surface area contributed by atoms with Gasteiger partial charge < -0.3 is 4.74 Å². The first-order chi connectivity index (χ1) is 5.63. The van der Waals surface area contributed by atoms with Gasteiger partial charge in [0.25, 0.3) is 0 Å². The van der Waals surface area contributed by atoms with Crippen molar-refractivity contribution < 1.29 is 4.74 Å². The quantitative estimate of drug-likeness (QED) is 0.621. The first kappa shape index (κ1) is 12.8. The third-order valence-corrected chi connectivity index (χ3v) is 2.00. The van der Waals surface area contributed by atoms with Gasteiger partial charge in [0.2, 0.25) is 5.90 Å². The summed E-state index contributed by atoms with van der Waals surface area (Å²) in [5.41, 5.74) is 0.664. The lowest BCUT2D eigenvalue weighted by Gasteiger charge is -2.02. The molecule has 0 aromatic heterocycles. The number of ether oxygens (including phenoxy) is 1. The second kappa shape index (κ2) is 5.47. The summed E-state index contributed by atoms with van der Waals surface area (Å²) in [7, 11) is 1.46. The Hall–Kier alpha value is -0.250. The van der Waals surface area contributed by atoms with E-state index in [-0.39, 0.29) is 18.3 Å². The van der Waals surface area contributed by atoms with E-state index in [0.29, 0.717) is 10.6 Å². The number of nitrogens with one attached hydrogen (secondary N) is 1. The molecule has 1 N–H and O–H groups in total. The molecule has 0 fully saturated rings. The summed E-state index contributed by atoms with van der Waals surface area (Å²) < 4.78 is 5.59. The van der Waals surface area contributed by atoms with Gasteiger partial charge in [-0.15, -0.1) is 12.4 Å². The van der Waals surface area contributed by atoms with E-state index in [1.54, 1.807) is 18.2 Å². The Bertz CT molecular complexity index is 297. The zero-order valence-corrected chi connectivity index (χ0v) is 9.96. The second-order valence-corrected chi connectivity index (χ2v) is 3.54. The molecule has 0 unspecified atom stereocenters. The van der Waals surface area contributed by atoms with Crippen LogP contribution in [0.4, 0.5) is 0 Å². The zero-order chi connectivity index (χ0) is 9.14. The molecule has 5 heteroatoms. The fraction of sp³-hybridized carbons (Fsp3) is 0.125. The van der Waals surface area contributed by atoms with Crippen LogP contribution in [0.15, 0.2) is 22.7 Å². The fourth-order valence-corrected chi connectivity index (χ4v) is 1.66. The van der Waals surface area contributed by atoms with Gasteiger partial charge >= 0.3 is 0 Å². The monoisotopic (exact) mass is 283 g/mol.